The third-order valence-electron chi connectivity index (χ3n) is 5.94. The predicted octanol–water partition coefficient (Wildman–Crippen LogP) is 3.61. The Hall–Kier alpha value is -3.16. The highest BCUT2D eigenvalue weighted by Crippen LogP contribution is 2.33. The minimum absolute atomic E-state index is 0.0375. The number of nitrogens with one attached hydrogen (secondary N) is 2. The number of likely N-dealkylation sites (tertiary alicyclic amines) is 1. The minimum Gasteiger partial charge on any atom is -0.346 e. The third kappa shape index (κ3) is 3.94. The lowest BCUT2D eigenvalue weighted by Gasteiger charge is -2.36. The molecular weight excluding hydrogens is 410 g/mol. The van der Waals surface area contributed by atoms with Crippen LogP contribution in [0.25, 0.3) is 10.8 Å². The summed E-state index contributed by atoms with van der Waals surface area (Å²) in [6.45, 7) is 1.64. The molecule has 0 unspecified atom stereocenters. The van der Waals surface area contributed by atoms with Crippen LogP contribution in [0.5, 0.6) is 0 Å². The van der Waals surface area contributed by atoms with E-state index in [4.69, 9.17) is 4.84 Å². The van der Waals surface area contributed by atoms with Crippen LogP contribution in [-0.2, 0) is 16.2 Å². The number of rotatable bonds is 4. The summed E-state index contributed by atoms with van der Waals surface area (Å²) < 4.78 is 0. The smallest absolute Gasteiger partial charge is 0.269 e. The second kappa shape index (κ2) is 8.17. The number of fused-ring (bicyclic) bond motifs is 1. The molecule has 31 heavy (non-hydrogen) atoms. The van der Waals surface area contributed by atoms with Gasteiger partial charge in [-0.3, -0.25) is 19.9 Å². The maximum atomic E-state index is 13.2. The van der Waals surface area contributed by atoms with Gasteiger partial charge in [-0.25, -0.2) is 0 Å². The molecule has 7 heteroatoms. The van der Waals surface area contributed by atoms with Crippen LogP contribution >= 0.6 is 11.3 Å². The molecule has 2 N–H and O–H groups in total. The number of piperidine rings is 1. The Morgan fingerprint density at radius 1 is 1.06 bits per heavy atom. The SMILES string of the molecule is O=C(NCc1cccs1)C1=CC2(CCN(C(=O)c3cccc4ccccc34)CC2)ON1. The fourth-order valence-electron chi connectivity index (χ4n) is 4.18. The van der Waals surface area contributed by atoms with Crippen LogP contribution in [0.3, 0.4) is 0 Å². The molecule has 3 heterocycles. The van der Waals surface area contributed by atoms with Crippen molar-refractivity contribution in [2.24, 2.45) is 0 Å². The molecule has 1 saturated heterocycles. The van der Waals surface area contributed by atoms with E-state index in [0.29, 0.717) is 38.2 Å². The van der Waals surface area contributed by atoms with E-state index < -0.39 is 5.60 Å². The number of amides is 2. The first kappa shape index (κ1) is 19.8. The molecule has 1 spiro atoms. The van der Waals surface area contributed by atoms with Gasteiger partial charge in [-0.2, -0.15) is 0 Å². The van der Waals surface area contributed by atoms with Gasteiger partial charge in [0.25, 0.3) is 11.8 Å². The molecule has 5 rings (SSSR count). The number of benzene rings is 2. The van der Waals surface area contributed by atoms with Gasteiger partial charge in [0.15, 0.2) is 0 Å². The number of thiophene rings is 1. The Morgan fingerprint density at radius 3 is 2.68 bits per heavy atom. The molecule has 0 radical (unpaired) electrons. The monoisotopic (exact) mass is 433 g/mol. The molecule has 0 aliphatic carbocycles. The Bertz CT molecular complexity index is 1140. The summed E-state index contributed by atoms with van der Waals surface area (Å²) in [6, 6.07) is 17.7. The van der Waals surface area contributed by atoms with Gasteiger partial charge in [-0.1, -0.05) is 42.5 Å². The minimum atomic E-state index is -0.550. The molecule has 2 aliphatic rings. The molecule has 6 nitrogen and oxygen atoms in total. The summed E-state index contributed by atoms with van der Waals surface area (Å²) in [5.41, 5.74) is 3.41. The molecule has 0 atom stereocenters. The summed E-state index contributed by atoms with van der Waals surface area (Å²) in [5.74, 6) is -0.143. The fraction of sp³-hybridized carbons (Fsp3) is 0.250. The van der Waals surface area contributed by atoms with Crippen molar-refractivity contribution in [3.63, 3.8) is 0 Å². The van der Waals surface area contributed by atoms with Crippen LogP contribution in [0, 0.1) is 0 Å². The second-order valence-corrected chi connectivity index (χ2v) is 8.94. The summed E-state index contributed by atoms with van der Waals surface area (Å²) in [4.78, 5) is 34.4. The lowest BCUT2D eigenvalue weighted by Crippen LogP contribution is -2.46. The Kier molecular flexibility index (Phi) is 5.21. The van der Waals surface area contributed by atoms with Crippen LogP contribution in [0.15, 0.2) is 71.8 Å². The van der Waals surface area contributed by atoms with Gasteiger partial charge in [0.2, 0.25) is 0 Å². The van der Waals surface area contributed by atoms with E-state index in [9.17, 15) is 9.59 Å². The molecule has 2 aromatic carbocycles. The van der Waals surface area contributed by atoms with Crippen LogP contribution in [0.1, 0.15) is 28.1 Å². The molecule has 0 bridgehead atoms. The Labute approximate surface area is 184 Å². The molecule has 158 valence electrons. The zero-order chi connectivity index (χ0) is 21.3. The molecule has 0 saturated carbocycles. The normalized spacial score (nSPS) is 17.4. The van der Waals surface area contributed by atoms with Gasteiger partial charge in [0.1, 0.15) is 11.3 Å². The van der Waals surface area contributed by atoms with Crippen molar-refractivity contribution < 1.29 is 14.4 Å². The number of hydrogen-bond acceptors (Lipinski definition) is 5. The zero-order valence-corrected chi connectivity index (χ0v) is 17.8. The van der Waals surface area contributed by atoms with Gasteiger partial charge >= 0.3 is 0 Å². The zero-order valence-electron chi connectivity index (χ0n) is 17.0. The highest BCUT2D eigenvalue weighted by Gasteiger charge is 2.41. The van der Waals surface area contributed by atoms with E-state index in [0.717, 1.165) is 21.2 Å². The van der Waals surface area contributed by atoms with E-state index in [1.165, 1.54) is 0 Å². The highest BCUT2D eigenvalue weighted by molar-refractivity contribution is 7.09. The average molecular weight is 434 g/mol. The highest BCUT2D eigenvalue weighted by atomic mass is 32.1. The molecule has 2 aliphatic heterocycles. The number of carbonyl (C=O) groups excluding carboxylic acids is 2. The molecule has 1 aromatic heterocycles. The molecule has 1 fully saturated rings. The van der Waals surface area contributed by atoms with E-state index in [1.54, 1.807) is 11.3 Å². The largest absolute Gasteiger partial charge is 0.346 e. The van der Waals surface area contributed by atoms with Crippen molar-refractivity contribution in [1.29, 1.82) is 0 Å². The van der Waals surface area contributed by atoms with Crippen molar-refractivity contribution in [2.75, 3.05) is 13.1 Å². The summed E-state index contributed by atoms with van der Waals surface area (Å²) in [5, 5.41) is 6.93. The molecule has 2 amide bonds. The Balaban J connectivity index is 1.23. The van der Waals surface area contributed by atoms with Gasteiger partial charge in [-0.05, 0) is 34.4 Å². The number of hydroxylamine groups is 1. The Morgan fingerprint density at radius 2 is 1.87 bits per heavy atom. The van der Waals surface area contributed by atoms with Crippen LogP contribution in [-0.4, -0.2) is 35.4 Å². The van der Waals surface area contributed by atoms with Crippen molar-refractivity contribution in [3.8, 4) is 0 Å². The summed E-state index contributed by atoms with van der Waals surface area (Å²) in [7, 11) is 0. The first-order valence-electron chi connectivity index (χ1n) is 10.4. The van der Waals surface area contributed by atoms with Gasteiger partial charge < -0.3 is 10.2 Å². The van der Waals surface area contributed by atoms with Crippen molar-refractivity contribution in [1.82, 2.24) is 15.7 Å². The molecule has 3 aromatic rings. The average Bonchev–Trinajstić information content (AvgIpc) is 3.48. The van der Waals surface area contributed by atoms with Crippen LogP contribution < -0.4 is 10.8 Å². The maximum Gasteiger partial charge on any atom is 0.269 e. The summed E-state index contributed by atoms with van der Waals surface area (Å²) >= 11 is 1.61. The van der Waals surface area contributed by atoms with E-state index >= 15 is 0 Å². The number of carbonyl (C=O) groups is 2. The van der Waals surface area contributed by atoms with E-state index in [1.807, 2.05) is 71.0 Å². The van der Waals surface area contributed by atoms with Crippen molar-refractivity contribution in [2.45, 2.75) is 25.0 Å². The second-order valence-electron chi connectivity index (χ2n) is 7.91. The van der Waals surface area contributed by atoms with Gasteiger partial charge in [-0.15, -0.1) is 11.3 Å². The van der Waals surface area contributed by atoms with Gasteiger partial charge in [0, 0.05) is 36.4 Å². The number of nitrogens with zero attached hydrogens (tertiary/aromatic N) is 1. The topological polar surface area (TPSA) is 70.7 Å². The predicted molar refractivity (Wildman–Crippen MR) is 120 cm³/mol. The van der Waals surface area contributed by atoms with Gasteiger partial charge in [0.05, 0.1) is 6.54 Å². The quantitative estimate of drug-likeness (QED) is 0.660. The molecular formula is C24H23N3O3S. The van der Waals surface area contributed by atoms with E-state index in [-0.39, 0.29) is 11.8 Å². The fourth-order valence-corrected chi connectivity index (χ4v) is 4.83. The van der Waals surface area contributed by atoms with Crippen molar-refractivity contribution in [3.05, 3.63) is 82.2 Å². The summed E-state index contributed by atoms with van der Waals surface area (Å²) in [6.07, 6.45) is 3.15. The first-order chi connectivity index (χ1) is 15.1. The lowest BCUT2D eigenvalue weighted by atomic mass is 9.90. The third-order valence-corrected chi connectivity index (χ3v) is 6.81. The van der Waals surface area contributed by atoms with E-state index in [2.05, 4.69) is 10.8 Å². The van der Waals surface area contributed by atoms with Crippen LogP contribution in [0.4, 0.5) is 0 Å². The van der Waals surface area contributed by atoms with Crippen LogP contribution in [0.2, 0.25) is 0 Å². The maximum absolute atomic E-state index is 13.2. The number of hydrogen-bond donors (Lipinski definition) is 2. The lowest BCUT2D eigenvalue weighted by molar-refractivity contribution is -0.120. The van der Waals surface area contributed by atoms with Crippen molar-refractivity contribution >= 4 is 33.9 Å². The first-order valence-corrected chi connectivity index (χ1v) is 11.3. The standard InChI is InChI=1S/C24H23N3O3S/c28-22(25-16-18-7-4-14-31-18)21-15-24(30-26-21)10-12-27(13-11-24)23(29)20-9-3-6-17-5-1-2-8-19(17)20/h1-9,14-15,26H,10-13,16H2,(H,25,28).